The Morgan fingerprint density at radius 2 is 1.86 bits per heavy atom. The van der Waals surface area contributed by atoms with Gasteiger partial charge in [0.25, 0.3) is 5.91 Å². The topological polar surface area (TPSA) is 65.5 Å². The molecular weight excluding hydrogens is 352 g/mol. The summed E-state index contributed by atoms with van der Waals surface area (Å²) in [5, 5.41) is 3.99. The average molecular weight is 383 g/mol. The van der Waals surface area contributed by atoms with Crippen molar-refractivity contribution >= 4 is 22.7 Å². The largest absolute Gasteiger partial charge is 0.353 e. The lowest BCUT2D eigenvalue weighted by Crippen LogP contribution is -2.51. The Hall–Kier alpha value is -2.47. The van der Waals surface area contributed by atoms with Gasteiger partial charge in [0.1, 0.15) is 0 Å². The van der Waals surface area contributed by atoms with Gasteiger partial charge in [0.15, 0.2) is 0 Å². The molecule has 2 heterocycles. The van der Waals surface area contributed by atoms with Crippen molar-refractivity contribution in [3.05, 3.63) is 41.1 Å². The van der Waals surface area contributed by atoms with Gasteiger partial charge < -0.3 is 10.2 Å². The number of benzene rings is 1. The summed E-state index contributed by atoms with van der Waals surface area (Å²) in [4.78, 5) is 33.7. The lowest BCUT2D eigenvalue weighted by Gasteiger charge is -2.34. The number of fused-ring (bicyclic) bond motifs is 1. The van der Waals surface area contributed by atoms with Crippen LogP contribution in [0.4, 0.5) is 0 Å². The fourth-order valence-corrected chi connectivity index (χ4v) is 3.51. The second-order valence-electron chi connectivity index (χ2n) is 7.76. The number of aryl methyl sites for hydroxylation is 2. The van der Waals surface area contributed by atoms with Gasteiger partial charge in [-0.15, -0.1) is 0 Å². The van der Waals surface area contributed by atoms with Gasteiger partial charge in [0.05, 0.1) is 23.3 Å². The molecule has 1 saturated heterocycles. The molecule has 6 heteroatoms. The van der Waals surface area contributed by atoms with Crippen molar-refractivity contribution < 1.29 is 9.59 Å². The summed E-state index contributed by atoms with van der Waals surface area (Å²) in [6.07, 6.45) is 0.923. The first-order chi connectivity index (χ1) is 13.4. The Morgan fingerprint density at radius 3 is 2.54 bits per heavy atom. The Bertz CT molecular complexity index is 872. The van der Waals surface area contributed by atoms with Gasteiger partial charge in [0.2, 0.25) is 5.91 Å². The Balaban J connectivity index is 1.63. The fourth-order valence-electron chi connectivity index (χ4n) is 3.51. The number of nitrogens with zero attached hydrogens (tertiary/aromatic N) is 3. The van der Waals surface area contributed by atoms with E-state index in [-0.39, 0.29) is 17.9 Å². The van der Waals surface area contributed by atoms with Gasteiger partial charge in [-0.25, -0.2) is 0 Å². The number of piperazine rings is 1. The van der Waals surface area contributed by atoms with Crippen LogP contribution < -0.4 is 5.32 Å². The number of carbonyl (C=O) groups excluding carboxylic acids is 2. The van der Waals surface area contributed by atoms with Crippen molar-refractivity contribution in [1.82, 2.24) is 20.1 Å². The van der Waals surface area contributed by atoms with Crippen molar-refractivity contribution in [2.75, 3.05) is 32.7 Å². The number of carbonyl (C=O) groups is 2. The number of nitrogens with one attached hydrogen (secondary N) is 1. The van der Waals surface area contributed by atoms with Crippen LogP contribution in [-0.4, -0.2) is 65.4 Å². The predicted molar refractivity (Wildman–Crippen MR) is 111 cm³/mol. The number of hydrogen-bond donors (Lipinski definition) is 1. The normalized spacial score (nSPS) is 16.2. The molecule has 0 radical (unpaired) electrons. The maximum absolute atomic E-state index is 13.1. The number of pyridine rings is 1. The lowest BCUT2D eigenvalue weighted by molar-refractivity contribution is -0.123. The third-order valence-electron chi connectivity index (χ3n) is 5.44. The molecule has 0 spiro atoms. The number of hydrogen-bond acceptors (Lipinski definition) is 4. The quantitative estimate of drug-likeness (QED) is 0.863. The molecule has 0 saturated carbocycles. The minimum atomic E-state index is 0.0251. The minimum Gasteiger partial charge on any atom is -0.353 e. The van der Waals surface area contributed by atoms with E-state index in [1.54, 1.807) is 0 Å². The molecule has 1 fully saturated rings. The Kier molecular flexibility index (Phi) is 6.29. The maximum Gasteiger partial charge on any atom is 0.255 e. The fraction of sp³-hybridized carbons (Fsp3) is 0.500. The van der Waals surface area contributed by atoms with Gasteiger partial charge in [-0.1, -0.05) is 18.6 Å². The zero-order valence-corrected chi connectivity index (χ0v) is 17.3. The van der Waals surface area contributed by atoms with Crippen molar-refractivity contribution in [1.29, 1.82) is 0 Å². The average Bonchev–Trinajstić information content (AvgIpc) is 2.67. The molecule has 6 nitrogen and oxygen atoms in total. The van der Waals surface area contributed by atoms with E-state index < -0.39 is 0 Å². The van der Waals surface area contributed by atoms with Gasteiger partial charge in [0, 0.05) is 37.6 Å². The first-order valence-electron chi connectivity index (χ1n) is 10.1. The molecule has 2 aromatic rings. The third kappa shape index (κ3) is 4.68. The molecule has 1 unspecified atom stereocenters. The summed E-state index contributed by atoms with van der Waals surface area (Å²) in [5.41, 5.74) is 3.50. The van der Waals surface area contributed by atoms with Crippen LogP contribution in [0.3, 0.4) is 0 Å². The zero-order chi connectivity index (χ0) is 20.3. The standard InChI is InChI=1S/C22H30N4O2/c1-5-16(3)23-21(27)14-25-8-10-26(11-9-25)22(28)19-13-18-12-15(2)6-7-20(18)24-17(19)4/h6-7,12-13,16H,5,8-11,14H2,1-4H3,(H,23,27). The van der Waals surface area contributed by atoms with Crippen molar-refractivity contribution in [2.45, 2.75) is 40.2 Å². The molecule has 1 aromatic heterocycles. The smallest absolute Gasteiger partial charge is 0.255 e. The number of amides is 2. The highest BCUT2D eigenvalue weighted by Crippen LogP contribution is 2.20. The second kappa shape index (κ2) is 8.69. The molecule has 0 aliphatic carbocycles. The highest BCUT2D eigenvalue weighted by Gasteiger charge is 2.25. The first kappa shape index (κ1) is 20.3. The van der Waals surface area contributed by atoms with E-state index in [1.165, 1.54) is 0 Å². The highest BCUT2D eigenvalue weighted by molar-refractivity contribution is 5.98. The monoisotopic (exact) mass is 382 g/mol. The molecule has 1 aromatic carbocycles. The van der Waals surface area contributed by atoms with Gasteiger partial charge in [-0.3, -0.25) is 19.5 Å². The molecule has 2 amide bonds. The molecule has 1 aliphatic rings. The minimum absolute atomic E-state index is 0.0251. The van der Waals surface area contributed by atoms with E-state index in [0.717, 1.165) is 28.6 Å². The van der Waals surface area contributed by atoms with Crippen LogP contribution in [0.15, 0.2) is 24.3 Å². The molecule has 0 bridgehead atoms. The zero-order valence-electron chi connectivity index (χ0n) is 17.3. The van der Waals surface area contributed by atoms with Crippen molar-refractivity contribution in [3.63, 3.8) is 0 Å². The van der Waals surface area contributed by atoms with Crippen LogP contribution in [0.5, 0.6) is 0 Å². The predicted octanol–water partition coefficient (Wildman–Crippen LogP) is 2.52. The van der Waals surface area contributed by atoms with E-state index in [9.17, 15) is 9.59 Å². The number of rotatable bonds is 5. The summed E-state index contributed by atoms with van der Waals surface area (Å²) in [7, 11) is 0. The highest BCUT2D eigenvalue weighted by atomic mass is 16.2. The van der Waals surface area contributed by atoms with E-state index in [2.05, 4.69) is 28.2 Å². The van der Waals surface area contributed by atoms with E-state index in [0.29, 0.717) is 38.3 Å². The summed E-state index contributed by atoms with van der Waals surface area (Å²) < 4.78 is 0. The molecule has 1 atom stereocenters. The van der Waals surface area contributed by atoms with E-state index in [1.807, 2.05) is 43.9 Å². The first-order valence-corrected chi connectivity index (χ1v) is 10.1. The molecule has 1 aliphatic heterocycles. The maximum atomic E-state index is 13.1. The molecular formula is C22H30N4O2. The summed E-state index contributed by atoms with van der Waals surface area (Å²) in [6, 6.07) is 8.25. The van der Waals surface area contributed by atoms with Gasteiger partial charge in [-0.2, -0.15) is 0 Å². The Labute approximate surface area is 166 Å². The van der Waals surface area contributed by atoms with Crippen LogP contribution in [0.2, 0.25) is 0 Å². The van der Waals surface area contributed by atoms with Crippen LogP contribution in [0.1, 0.15) is 41.9 Å². The molecule has 28 heavy (non-hydrogen) atoms. The molecule has 3 rings (SSSR count). The van der Waals surface area contributed by atoms with E-state index in [4.69, 9.17) is 0 Å². The summed E-state index contributed by atoms with van der Waals surface area (Å²) in [6.45, 7) is 11.1. The molecule has 150 valence electrons. The van der Waals surface area contributed by atoms with Crippen LogP contribution in [-0.2, 0) is 4.79 Å². The van der Waals surface area contributed by atoms with E-state index >= 15 is 0 Å². The van der Waals surface area contributed by atoms with Crippen LogP contribution in [0.25, 0.3) is 10.9 Å². The number of aromatic nitrogens is 1. The lowest BCUT2D eigenvalue weighted by atomic mass is 10.1. The van der Waals surface area contributed by atoms with Gasteiger partial charge >= 0.3 is 0 Å². The summed E-state index contributed by atoms with van der Waals surface area (Å²) >= 11 is 0. The van der Waals surface area contributed by atoms with Crippen LogP contribution in [0, 0.1) is 13.8 Å². The second-order valence-corrected chi connectivity index (χ2v) is 7.76. The molecule has 1 N–H and O–H groups in total. The van der Waals surface area contributed by atoms with Crippen molar-refractivity contribution in [2.24, 2.45) is 0 Å². The van der Waals surface area contributed by atoms with Crippen molar-refractivity contribution in [3.8, 4) is 0 Å². The SMILES string of the molecule is CCC(C)NC(=O)CN1CCN(C(=O)c2cc3cc(C)ccc3nc2C)CC1. The van der Waals surface area contributed by atoms with Crippen LogP contribution >= 0.6 is 0 Å². The Morgan fingerprint density at radius 1 is 1.14 bits per heavy atom. The third-order valence-corrected chi connectivity index (χ3v) is 5.44. The van der Waals surface area contributed by atoms with Gasteiger partial charge in [-0.05, 0) is 45.4 Å². The summed E-state index contributed by atoms with van der Waals surface area (Å²) in [5.74, 6) is 0.0798.